The standard InChI is InChI=1S/C35H51N5O7.H3NO/c1-5-11-25(28(42)31(44)36-22-16-17-22)37-30(43)26-18-35(19-27(41)38(20-35)23-12-7-6-8-13-23)21-39(26)32(45)29(34(2,3)4)40(33(46)47)24-14-9-10-15-24;1-2/h6-8,12-13,22,24-26,28-29,42H,5,9-11,14-21H2,1-4H3,(H,36,44)(H,37,43)(H,46,47);2H,1H2/t25?,26-,28-,29+,35-;/m0./s1. The Bertz CT molecular complexity index is 1350. The second-order valence-electron chi connectivity index (χ2n) is 15.2. The van der Waals surface area contributed by atoms with Gasteiger partial charge >= 0.3 is 6.09 Å². The molecule has 1 unspecified atom stereocenters. The van der Waals surface area contributed by atoms with E-state index >= 15 is 0 Å². The Hall–Kier alpha value is -3.75. The SMILES string of the molecule is CCCC(NC(=O)[C@@H]1C[C@@]2(CC(=O)N(c3ccccc3)C2)CN1C(=O)[C@@H](N(C(=O)O)C1CCCC1)C(C)(C)C)[C@H](O)C(=O)NC1CC1.NO. The Labute approximate surface area is 288 Å². The zero-order valence-corrected chi connectivity index (χ0v) is 29.1. The number of amides is 5. The van der Waals surface area contributed by atoms with E-state index < -0.39 is 58.9 Å². The number of nitrogens with zero attached hydrogens (tertiary/aromatic N) is 3. The molecule has 49 heavy (non-hydrogen) atoms. The van der Waals surface area contributed by atoms with E-state index in [-0.39, 0.29) is 37.4 Å². The van der Waals surface area contributed by atoms with Gasteiger partial charge in [-0.1, -0.05) is 65.2 Å². The van der Waals surface area contributed by atoms with Crippen LogP contribution in [0.3, 0.4) is 0 Å². The molecule has 5 amide bonds. The third kappa shape index (κ3) is 8.71. The van der Waals surface area contributed by atoms with Crippen molar-refractivity contribution in [3.63, 3.8) is 0 Å². The van der Waals surface area contributed by atoms with Crippen LogP contribution in [0.1, 0.15) is 91.9 Å². The van der Waals surface area contributed by atoms with Crippen LogP contribution >= 0.6 is 0 Å². The first kappa shape index (κ1) is 38.1. The van der Waals surface area contributed by atoms with E-state index in [1.165, 1.54) is 9.80 Å². The molecule has 4 fully saturated rings. The zero-order chi connectivity index (χ0) is 36.1. The van der Waals surface area contributed by atoms with E-state index in [1.54, 1.807) is 4.90 Å². The summed E-state index contributed by atoms with van der Waals surface area (Å²) in [4.78, 5) is 72.5. The first-order chi connectivity index (χ1) is 23.2. The van der Waals surface area contributed by atoms with Gasteiger partial charge in [0.05, 0.1) is 6.04 Å². The number of anilines is 1. The molecular weight excluding hydrogens is 632 g/mol. The molecule has 14 nitrogen and oxygen atoms in total. The maximum atomic E-state index is 14.8. The summed E-state index contributed by atoms with van der Waals surface area (Å²) >= 11 is 0. The van der Waals surface area contributed by atoms with Gasteiger partial charge in [0.25, 0.3) is 5.91 Å². The fraction of sp³-hybridized carbons (Fsp3) is 0.686. The van der Waals surface area contributed by atoms with Gasteiger partial charge in [-0.3, -0.25) is 24.1 Å². The van der Waals surface area contributed by atoms with Crippen molar-refractivity contribution in [3.05, 3.63) is 30.3 Å². The minimum absolute atomic E-state index is 0.0387. The van der Waals surface area contributed by atoms with Crippen LogP contribution in [-0.2, 0) is 19.2 Å². The predicted molar refractivity (Wildman–Crippen MR) is 181 cm³/mol. The molecule has 5 rings (SSSR count). The van der Waals surface area contributed by atoms with Crippen LogP contribution in [0.2, 0.25) is 0 Å². The number of carboxylic acid groups (broad SMARTS) is 1. The van der Waals surface area contributed by atoms with Crippen molar-refractivity contribution in [1.29, 1.82) is 0 Å². The predicted octanol–water partition coefficient (Wildman–Crippen LogP) is 2.61. The molecule has 4 aliphatic rings. The first-order valence-electron chi connectivity index (χ1n) is 17.5. The average molecular weight is 687 g/mol. The number of aliphatic hydroxyl groups is 1. The number of likely N-dealkylation sites (tertiary alicyclic amines) is 1. The van der Waals surface area contributed by atoms with Gasteiger partial charge in [0.1, 0.15) is 12.1 Å². The molecule has 0 aromatic heterocycles. The van der Waals surface area contributed by atoms with Gasteiger partial charge < -0.3 is 35.9 Å². The molecule has 1 aromatic carbocycles. The lowest BCUT2D eigenvalue weighted by Gasteiger charge is -2.43. The summed E-state index contributed by atoms with van der Waals surface area (Å²) in [5.41, 5.74) is -0.798. The maximum absolute atomic E-state index is 14.8. The molecule has 0 radical (unpaired) electrons. The summed E-state index contributed by atoms with van der Waals surface area (Å²) in [6.07, 6.45) is 3.43. The molecule has 1 aromatic rings. The molecular formula is C35H54N6O8. The van der Waals surface area contributed by atoms with Gasteiger partial charge in [0, 0.05) is 42.7 Å². The van der Waals surface area contributed by atoms with Crippen molar-refractivity contribution < 1.29 is 39.4 Å². The van der Waals surface area contributed by atoms with Crippen LogP contribution in [0, 0.1) is 10.8 Å². The molecule has 2 aliphatic heterocycles. The topological polar surface area (TPSA) is 206 Å². The monoisotopic (exact) mass is 686 g/mol. The third-order valence-electron chi connectivity index (χ3n) is 10.3. The largest absolute Gasteiger partial charge is 0.465 e. The number of rotatable bonds is 11. The summed E-state index contributed by atoms with van der Waals surface area (Å²) in [6.45, 7) is 7.81. The molecule has 1 spiro atoms. The number of hydrogen-bond acceptors (Lipinski definition) is 8. The Morgan fingerprint density at radius 1 is 1.04 bits per heavy atom. The quantitative estimate of drug-likeness (QED) is 0.189. The minimum Gasteiger partial charge on any atom is -0.465 e. The molecule has 2 saturated heterocycles. The highest BCUT2D eigenvalue weighted by molar-refractivity contribution is 5.98. The number of hydrogen-bond donors (Lipinski definition) is 6. The fourth-order valence-corrected chi connectivity index (χ4v) is 7.82. The summed E-state index contributed by atoms with van der Waals surface area (Å²) < 4.78 is 0. The normalized spacial score (nSPS) is 24.2. The van der Waals surface area contributed by atoms with Crippen LogP contribution < -0.4 is 21.4 Å². The van der Waals surface area contributed by atoms with Crippen LogP contribution in [0.5, 0.6) is 0 Å². The van der Waals surface area contributed by atoms with Crippen LogP contribution in [0.15, 0.2) is 30.3 Å². The van der Waals surface area contributed by atoms with Crippen LogP contribution in [0.4, 0.5) is 10.5 Å². The lowest BCUT2D eigenvalue weighted by atomic mass is 9.83. The molecule has 2 heterocycles. The lowest BCUT2D eigenvalue weighted by molar-refractivity contribution is -0.147. The van der Waals surface area contributed by atoms with Crippen LogP contribution in [0.25, 0.3) is 0 Å². The van der Waals surface area contributed by atoms with Crippen molar-refractivity contribution in [2.24, 2.45) is 16.7 Å². The summed E-state index contributed by atoms with van der Waals surface area (Å²) in [6, 6.07) is 6.05. The second-order valence-corrected chi connectivity index (χ2v) is 15.2. The summed E-state index contributed by atoms with van der Waals surface area (Å²) in [5, 5.41) is 33.6. The van der Waals surface area contributed by atoms with Crippen molar-refractivity contribution >= 4 is 35.4 Å². The van der Waals surface area contributed by atoms with E-state index in [1.807, 2.05) is 58.0 Å². The van der Waals surface area contributed by atoms with Gasteiger partial charge in [-0.25, -0.2) is 10.7 Å². The maximum Gasteiger partial charge on any atom is 0.408 e. The average Bonchev–Trinajstić information content (AvgIpc) is 3.43. The van der Waals surface area contributed by atoms with Crippen LogP contribution in [-0.4, -0.2) is 104 Å². The molecule has 7 N–H and O–H groups in total. The number of benzene rings is 1. The highest BCUT2D eigenvalue weighted by atomic mass is 16.4. The summed E-state index contributed by atoms with van der Waals surface area (Å²) in [5.74, 6) is 1.87. The number of carbonyl (C=O) groups is 5. The number of para-hydroxylation sites is 1. The number of nitrogens with two attached hydrogens (primary N) is 1. The molecule has 272 valence electrons. The van der Waals surface area contributed by atoms with E-state index in [4.69, 9.17) is 5.21 Å². The van der Waals surface area contributed by atoms with E-state index in [9.17, 15) is 34.2 Å². The molecule has 0 bridgehead atoms. The summed E-state index contributed by atoms with van der Waals surface area (Å²) in [7, 11) is 0. The van der Waals surface area contributed by atoms with Gasteiger partial charge in [-0.2, -0.15) is 0 Å². The highest BCUT2D eigenvalue weighted by Gasteiger charge is 2.57. The molecule has 2 aliphatic carbocycles. The van der Waals surface area contributed by atoms with Crippen molar-refractivity contribution in [1.82, 2.24) is 20.4 Å². The smallest absolute Gasteiger partial charge is 0.408 e. The van der Waals surface area contributed by atoms with Crippen molar-refractivity contribution in [2.45, 2.75) is 128 Å². The minimum atomic E-state index is -1.46. The third-order valence-corrected chi connectivity index (χ3v) is 10.3. The molecule has 5 atom stereocenters. The Morgan fingerprint density at radius 3 is 2.22 bits per heavy atom. The van der Waals surface area contributed by atoms with Gasteiger partial charge in [-0.15, -0.1) is 0 Å². The zero-order valence-electron chi connectivity index (χ0n) is 29.1. The van der Waals surface area contributed by atoms with Crippen molar-refractivity contribution in [3.8, 4) is 0 Å². The van der Waals surface area contributed by atoms with E-state index in [2.05, 4.69) is 16.5 Å². The van der Waals surface area contributed by atoms with Crippen molar-refractivity contribution in [2.75, 3.05) is 18.0 Å². The van der Waals surface area contributed by atoms with E-state index in [0.717, 1.165) is 31.4 Å². The number of carbonyl (C=O) groups excluding carboxylic acids is 4. The van der Waals surface area contributed by atoms with E-state index in [0.29, 0.717) is 32.2 Å². The Balaban J connectivity index is 0.00000265. The fourth-order valence-electron chi connectivity index (χ4n) is 7.82. The highest BCUT2D eigenvalue weighted by Crippen LogP contribution is 2.46. The Morgan fingerprint density at radius 2 is 1.67 bits per heavy atom. The second kappa shape index (κ2) is 15.9. The van der Waals surface area contributed by atoms with Gasteiger partial charge in [0.2, 0.25) is 17.7 Å². The first-order valence-corrected chi connectivity index (χ1v) is 17.5. The lowest BCUT2D eigenvalue weighted by Crippen LogP contribution is -2.61. The van der Waals surface area contributed by atoms with Gasteiger partial charge in [0.15, 0.2) is 6.10 Å². The number of nitrogens with one attached hydrogen (secondary N) is 2. The molecule has 14 heteroatoms. The molecule has 2 saturated carbocycles. The number of aliphatic hydroxyl groups excluding tert-OH is 1. The van der Waals surface area contributed by atoms with Gasteiger partial charge in [-0.05, 0) is 56.1 Å². The Kier molecular flexibility index (Phi) is 12.3.